The van der Waals surface area contributed by atoms with Crippen molar-refractivity contribution in [1.82, 2.24) is 25.2 Å². The van der Waals surface area contributed by atoms with Crippen molar-refractivity contribution in [2.75, 3.05) is 57.6 Å². The van der Waals surface area contributed by atoms with Crippen LogP contribution < -0.4 is 16.0 Å². The van der Waals surface area contributed by atoms with Crippen molar-refractivity contribution in [3.63, 3.8) is 0 Å². The summed E-state index contributed by atoms with van der Waals surface area (Å²) in [4.78, 5) is 27.1. The fraction of sp³-hybridized carbons (Fsp3) is 0.522. The van der Waals surface area contributed by atoms with Crippen molar-refractivity contribution in [2.24, 2.45) is 5.92 Å². The van der Waals surface area contributed by atoms with Gasteiger partial charge in [-0.2, -0.15) is 5.26 Å². The number of likely N-dealkylation sites (N-methyl/N-ethyl adjacent to an activating group) is 1. The van der Waals surface area contributed by atoms with Crippen molar-refractivity contribution in [2.45, 2.75) is 26.7 Å². The summed E-state index contributed by atoms with van der Waals surface area (Å²) in [5.74, 6) is 1.42. The lowest BCUT2D eigenvalue weighted by molar-refractivity contribution is 0.0744. The average Bonchev–Trinajstić information content (AvgIpc) is 2.88. The highest BCUT2D eigenvalue weighted by molar-refractivity contribution is 5.99. The summed E-state index contributed by atoms with van der Waals surface area (Å²) < 4.78 is 5.08. The zero-order valence-corrected chi connectivity index (χ0v) is 19.9. The molecule has 0 saturated carbocycles. The number of aromatic nitrogens is 3. The molecule has 0 aromatic carbocycles. The molecule has 0 spiro atoms. The highest BCUT2D eigenvalue weighted by Gasteiger charge is 2.19. The Hall–Kier alpha value is -3.29. The van der Waals surface area contributed by atoms with Crippen LogP contribution in [-0.2, 0) is 4.74 Å². The van der Waals surface area contributed by atoms with Crippen molar-refractivity contribution < 1.29 is 9.53 Å². The first-order chi connectivity index (χ1) is 16.1. The van der Waals surface area contributed by atoms with Crippen LogP contribution in [0.4, 0.5) is 17.3 Å². The fourth-order valence-electron chi connectivity index (χ4n) is 3.30. The molecule has 0 unspecified atom stereocenters. The number of carbonyl (C=O) groups is 1. The molecule has 0 atom stereocenters. The van der Waals surface area contributed by atoms with Crippen LogP contribution in [0.3, 0.4) is 0 Å². The first-order valence-corrected chi connectivity index (χ1v) is 11.3. The molecule has 1 fully saturated rings. The van der Waals surface area contributed by atoms with Gasteiger partial charge in [0.05, 0.1) is 30.3 Å². The Morgan fingerprint density at radius 1 is 1.21 bits per heavy atom. The maximum atomic E-state index is 13.0. The lowest BCUT2D eigenvalue weighted by Crippen LogP contribution is -2.32. The topological polar surface area (TPSA) is 128 Å². The van der Waals surface area contributed by atoms with Gasteiger partial charge in [-0.15, -0.1) is 0 Å². The van der Waals surface area contributed by atoms with Crippen LogP contribution in [0.25, 0.3) is 0 Å². The van der Waals surface area contributed by atoms with E-state index in [4.69, 9.17) is 10.00 Å². The highest BCUT2D eigenvalue weighted by Crippen LogP contribution is 2.23. The molecule has 178 valence electrons. The molecule has 3 rings (SSSR count). The number of anilines is 3. The first-order valence-electron chi connectivity index (χ1n) is 11.3. The fourth-order valence-corrected chi connectivity index (χ4v) is 3.30. The van der Waals surface area contributed by atoms with E-state index in [0.717, 1.165) is 32.5 Å². The van der Waals surface area contributed by atoms with Crippen LogP contribution in [0.2, 0.25) is 0 Å². The van der Waals surface area contributed by atoms with Gasteiger partial charge in [0.1, 0.15) is 17.7 Å². The molecule has 1 amide bonds. The van der Waals surface area contributed by atoms with Gasteiger partial charge in [-0.1, -0.05) is 13.8 Å². The van der Waals surface area contributed by atoms with Gasteiger partial charge in [0.15, 0.2) is 5.69 Å². The predicted octanol–water partition coefficient (Wildman–Crippen LogP) is 2.64. The number of nitrogens with one attached hydrogen (secondary N) is 3. The smallest absolute Gasteiger partial charge is 0.257 e. The molecular formula is C23H34N8O2. The molecule has 10 heteroatoms. The Kier molecular flexibility index (Phi) is 11.0. The minimum atomic E-state index is -0.123. The van der Waals surface area contributed by atoms with Gasteiger partial charge in [0, 0.05) is 39.5 Å². The molecule has 3 heterocycles. The molecule has 0 aliphatic carbocycles. The number of amides is 1. The van der Waals surface area contributed by atoms with Gasteiger partial charge >= 0.3 is 0 Å². The maximum Gasteiger partial charge on any atom is 0.257 e. The molecular weight excluding hydrogens is 420 g/mol. The monoisotopic (exact) mass is 454 g/mol. The van der Waals surface area contributed by atoms with Crippen LogP contribution in [0.15, 0.2) is 24.7 Å². The van der Waals surface area contributed by atoms with E-state index in [1.54, 1.807) is 31.3 Å². The summed E-state index contributed by atoms with van der Waals surface area (Å²) in [5.41, 5.74) is 1.46. The molecule has 1 aliphatic rings. The van der Waals surface area contributed by atoms with Crippen molar-refractivity contribution in [3.05, 3.63) is 35.9 Å². The van der Waals surface area contributed by atoms with Crippen LogP contribution in [0.1, 0.15) is 42.7 Å². The number of ether oxygens (including phenoxy) is 1. The minimum absolute atomic E-state index is 0.123. The zero-order valence-electron chi connectivity index (χ0n) is 19.9. The standard InChI is InChI=1S/C21H28N8O2.C2H6/c1-29(7-8-31-2)21(30)17-13-27-19(28-20-14-24-16(10-22)12-26-20)9-18(17)25-11-15-3-5-23-6-4-15;1-2/h9,12-15,23H,3-8,11H2,1-2H3,(H2,25,26,27,28);1-2H3. The second kappa shape index (κ2) is 14.0. The Balaban J connectivity index is 0.00000187. The average molecular weight is 455 g/mol. The van der Waals surface area contributed by atoms with Crippen molar-refractivity contribution >= 4 is 23.2 Å². The number of carbonyl (C=O) groups excluding carboxylic acids is 1. The molecule has 2 aromatic rings. The number of pyridine rings is 1. The lowest BCUT2D eigenvalue weighted by atomic mass is 9.98. The number of rotatable bonds is 9. The molecule has 10 nitrogen and oxygen atoms in total. The molecule has 0 bridgehead atoms. The van der Waals surface area contributed by atoms with Crippen LogP contribution in [0.5, 0.6) is 0 Å². The summed E-state index contributed by atoms with van der Waals surface area (Å²) in [5, 5.41) is 18.8. The minimum Gasteiger partial charge on any atom is -0.384 e. The van der Waals surface area contributed by atoms with Crippen molar-refractivity contribution in [3.8, 4) is 6.07 Å². The molecule has 33 heavy (non-hydrogen) atoms. The molecule has 1 saturated heterocycles. The molecule has 1 aliphatic heterocycles. The Labute approximate surface area is 195 Å². The van der Waals surface area contributed by atoms with Gasteiger partial charge in [0.2, 0.25) is 0 Å². The van der Waals surface area contributed by atoms with E-state index in [1.807, 2.05) is 19.9 Å². The third-order valence-corrected chi connectivity index (χ3v) is 5.17. The third kappa shape index (κ3) is 7.97. The van der Waals surface area contributed by atoms with Gasteiger partial charge in [-0.05, 0) is 31.8 Å². The van der Waals surface area contributed by atoms with E-state index in [1.165, 1.54) is 12.4 Å². The molecule has 3 N–H and O–H groups in total. The number of hydrogen-bond acceptors (Lipinski definition) is 9. The lowest BCUT2D eigenvalue weighted by Gasteiger charge is -2.24. The largest absolute Gasteiger partial charge is 0.384 e. The maximum absolute atomic E-state index is 13.0. The summed E-state index contributed by atoms with van der Waals surface area (Å²) in [6, 6.07) is 3.74. The van der Waals surface area contributed by atoms with E-state index < -0.39 is 0 Å². The van der Waals surface area contributed by atoms with Gasteiger partial charge in [0.25, 0.3) is 5.91 Å². The first kappa shape index (κ1) is 26.0. The van der Waals surface area contributed by atoms with E-state index in [0.29, 0.717) is 42.0 Å². The predicted molar refractivity (Wildman–Crippen MR) is 129 cm³/mol. The summed E-state index contributed by atoms with van der Waals surface area (Å²) >= 11 is 0. The zero-order chi connectivity index (χ0) is 24.1. The highest BCUT2D eigenvalue weighted by atomic mass is 16.5. The molecule has 0 radical (unpaired) electrons. The van der Waals surface area contributed by atoms with E-state index in [-0.39, 0.29) is 11.6 Å². The summed E-state index contributed by atoms with van der Waals surface area (Å²) in [7, 11) is 3.36. The number of hydrogen-bond donors (Lipinski definition) is 3. The quantitative estimate of drug-likeness (QED) is 0.524. The summed E-state index contributed by atoms with van der Waals surface area (Å²) in [6.45, 7) is 7.76. The Morgan fingerprint density at radius 2 is 1.94 bits per heavy atom. The Bertz CT molecular complexity index is 908. The molecule has 2 aromatic heterocycles. The Morgan fingerprint density at radius 3 is 2.58 bits per heavy atom. The van der Waals surface area contributed by atoms with Crippen LogP contribution in [0, 0.1) is 17.2 Å². The number of nitrogens with zero attached hydrogens (tertiary/aromatic N) is 5. The number of piperidine rings is 1. The summed E-state index contributed by atoms with van der Waals surface area (Å²) in [6.07, 6.45) is 6.62. The third-order valence-electron chi connectivity index (χ3n) is 5.17. The SMILES string of the molecule is CC.COCCN(C)C(=O)c1cnc(Nc2cnc(C#N)cn2)cc1NCC1CCNCC1. The number of methoxy groups -OCH3 is 1. The van der Waals surface area contributed by atoms with Crippen LogP contribution in [-0.4, -0.2) is 72.7 Å². The van der Waals surface area contributed by atoms with Crippen LogP contribution >= 0.6 is 0 Å². The van der Waals surface area contributed by atoms with Gasteiger partial charge in [-0.3, -0.25) is 4.79 Å². The van der Waals surface area contributed by atoms with Gasteiger partial charge in [-0.25, -0.2) is 15.0 Å². The second-order valence-corrected chi connectivity index (χ2v) is 7.43. The number of nitriles is 1. The van der Waals surface area contributed by atoms with E-state index >= 15 is 0 Å². The normalized spacial score (nSPS) is 13.3. The van der Waals surface area contributed by atoms with E-state index in [2.05, 4.69) is 30.9 Å². The second-order valence-electron chi connectivity index (χ2n) is 7.43. The van der Waals surface area contributed by atoms with Gasteiger partial charge < -0.3 is 25.6 Å². The van der Waals surface area contributed by atoms with E-state index in [9.17, 15) is 4.79 Å². The van der Waals surface area contributed by atoms with Crippen molar-refractivity contribution in [1.29, 1.82) is 5.26 Å².